The molecule has 10 nitrogen and oxygen atoms in total. The zero-order chi connectivity index (χ0) is 23.6. The Labute approximate surface area is 201 Å². The van der Waals surface area contributed by atoms with Gasteiger partial charge < -0.3 is 20.1 Å². The van der Waals surface area contributed by atoms with Crippen LogP contribution in [0.4, 0.5) is 11.5 Å². The Morgan fingerprint density at radius 3 is 2.86 bits per heavy atom. The van der Waals surface area contributed by atoms with Crippen molar-refractivity contribution in [2.24, 2.45) is 0 Å². The van der Waals surface area contributed by atoms with Crippen LogP contribution in [0, 0.1) is 6.92 Å². The number of anilines is 2. The molecular formula is C25H24N8O2. The molecule has 1 saturated heterocycles. The third-order valence-corrected chi connectivity index (χ3v) is 5.93. The van der Waals surface area contributed by atoms with Gasteiger partial charge in [-0.2, -0.15) is 5.10 Å². The highest BCUT2D eigenvalue weighted by Crippen LogP contribution is 2.30. The molecule has 0 atom stereocenters. The van der Waals surface area contributed by atoms with Gasteiger partial charge in [0.25, 0.3) is 0 Å². The first-order chi connectivity index (χ1) is 17.2. The number of rotatable bonds is 6. The normalized spacial score (nSPS) is 14.3. The van der Waals surface area contributed by atoms with Gasteiger partial charge in [0.2, 0.25) is 5.88 Å². The Bertz CT molecular complexity index is 1500. The second-order valence-corrected chi connectivity index (χ2v) is 8.44. The van der Waals surface area contributed by atoms with E-state index in [4.69, 9.17) is 14.5 Å². The van der Waals surface area contributed by atoms with Crippen molar-refractivity contribution >= 4 is 28.2 Å². The first-order valence-corrected chi connectivity index (χ1v) is 11.6. The number of aryl methyl sites for hydroxylation is 1. The van der Waals surface area contributed by atoms with E-state index in [9.17, 15) is 0 Å². The number of aromatic nitrogens is 6. The second-order valence-electron chi connectivity index (χ2n) is 8.44. The van der Waals surface area contributed by atoms with Crippen LogP contribution in [0.5, 0.6) is 17.4 Å². The maximum absolute atomic E-state index is 6.12. The highest BCUT2D eigenvalue weighted by molar-refractivity contribution is 5.87. The van der Waals surface area contributed by atoms with Gasteiger partial charge in [0, 0.05) is 30.2 Å². The molecule has 1 aliphatic heterocycles. The molecule has 5 aromatic rings. The molecule has 176 valence electrons. The molecule has 0 spiro atoms. The second kappa shape index (κ2) is 9.15. The van der Waals surface area contributed by atoms with Crippen LogP contribution in [0.2, 0.25) is 0 Å². The Morgan fingerprint density at radius 1 is 1.06 bits per heavy atom. The topological polar surface area (TPSA) is 111 Å². The lowest BCUT2D eigenvalue weighted by molar-refractivity contribution is 0.156. The van der Waals surface area contributed by atoms with Gasteiger partial charge in [-0.3, -0.25) is 0 Å². The maximum atomic E-state index is 6.12. The number of fused-ring (bicyclic) bond motifs is 2. The summed E-state index contributed by atoms with van der Waals surface area (Å²) in [5.74, 6) is 2.56. The molecule has 0 saturated carbocycles. The number of pyridine rings is 1. The number of nitrogens with one attached hydrogen (secondary N) is 2. The van der Waals surface area contributed by atoms with Crippen LogP contribution in [0.1, 0.15) is 18.4 Å². The van der Waals surface area contributed by atoms with Gasteiger partial charge in [-0.05, 0) is 62.7 Å². The summed E-state index contributed by atoms with van der Waals surface area (Å²) in [6.07, 6.45) is 8.80. The van der Waals surface area contributed by atoms with Crippen molar-refractivity contribution in [3.05, 3.63) is 66.9 Å². The Hall–Kier alpha value is -4.31. The molecule has 35 heavy (non-hydrogen) atoms. The Kier molecular flexibility index (Phi) is 5.55. The van der Waals surface area contributed by atoms with Crippen LogP contribution in [0.3, 0.4) is 0 Å². The molecule has 1 aromatic carbocycles. The van der Waals surface area contributed by atoms with Crippen LogP contribution in [-0.2, 0) is 0 Å². The van der Waals surface area contributed by atoms with Gasteiger partial charge in [0.1, 0.15) is 23.7 Å². The molecule has 4 aromatic heterocycles. The lowest BCUT2D eigenvalue weighted by Crippen LogP contribution is -2.34. The largest absolute Gasteiger partial charge is 0.474 e. The van der Waals surface area contributed by atoms with E-state index in [2.05, 4.69) is 30.7 Å². The van der Waals surface area contributed by atoms with Crippen LogP contribution in [0.25, 0.3) is 16.7 Å². The summed E-state index contributed by atoms with van der Waals surface area (Å²) in [6, 6.07) is 11.5. The standard InChI is InChI=1S/C25H24N8O2/c1-16-12-17(2-4-21(16)34-19-13-22-27-10-11-33(22)30-14-19)31-25-24-20(28-15-29-25)3-5-23(32-24)35-18-6-8-26-9-7-18/h2-5,10-15,18,26H,6-9H2,1H3,(H,28,29,31). The third kappa shape index (κ3) is 4.56. The minimum absolute atomic E-state index is 0.168. The van der Waals surface area contributed by atoms with Crippen LogP contribution < -0.4 is 20.1 Å². The van der Waals surface area contributed by atoms with Gasteiger partial charge in [-0.15, -0.1) is 0 Å². The number of hydrogen-bond donors (Lipinski definition) is 2. The predicted molar refractivity (Wildman–Crippen MR) is 131 cm³/mol. The van der Waals surface area contributed by atoms with Gasteiger partial charge in [0.15, 0.2) is 17.2 Å². The van der Waals surface area contributed by atoms with Crippen molar-refractivity contribution in [3.8, 4) is 17.4 Å². The number of ether oxygens (including phenoxy) is 2. The first kappa shape index (κ1) is 21.2. The average Bonchev–Trinajstić information content (AvgIpc) is 3.35. The molecule has 1 aliphatic rings. The lowest BCUT2D eigenvalue weighted by atomic mass is 10.1. The molecule has 10 heteroatoms. The van der Waals surface area contributed by atoms with Crippen molar-refractivity contribution < 1.29 is 9.47 Å². The van der Waals surface area contributed by atoms with Crippen molar-refractivity contribution in [2.75, 3.05) is 18.4 Å². The van der Waals surface area contributed by atoms with Crippen molar-refractivity contribution in [1.82, 2.24) is 34.9 Å². The minimum atomic E-state index is 0.168. The third-order valence-electron chi connectivity index (χ3n) is 5.93. The zero-order valence-electron chi connectivity index (χ0n) is 19.2. The highest BCUT2D eigenvalue weighted by Gasteiger charge is 2.16. The molecule has 1 fully saturated rings. The molecular weight excluding hydrogens is 444 g/mol. The van der Waals surface area contributed by atoms with Crippen molar-refractivity contribution in [2.45, 2.75) is 25.9 Å². The number of benzene rings is 1. The fourth-order valence-electron chi connectivity index (χ4n) is 4.12. The first-order valence-electron chi connectivity index (χ1n) is 11.6. The summed E-state index contributed by atoms with van der Waals surface area (Å²) in [7, 11) is 0. The summed E-state index contributed by atoms with van der Waals surface area (Å²) < 4.78 is 13.9. The van der Waals surface area contributed by atoms with Crippen molar-refractivity contribution in [1.29, 1.82) is 0 Å². The molecule has 2 N–H and O–H groups in total. The fourth-order valence-corrected chi connectivity index (χ4v) is 4.12. The fraction of sp³-hybridized carbons (Fsp3) is 0.240. The molecule has 0 unspecified atom stereocenters. The van der Waals surface area contributed by atoms with E-state index < -0.39 is 0 Å². The summed E-state index contributed by atoms with van der Waals surface area (Å²) in [5.41, 5.74) is 3.96. The van der Waals surface area contributed by atoms with E-state index in [1.807, 2.05) is 43.3 Å². The molecule has 5 heterocycles. The van der Waals surface area contributed by atoms with E-state index in [1.165, 1.54) is 6.33 Å². The van der Waals surface area contributed by atoms with Crippen LogP contribution in [-0.4, -0.2) is 48.7 Å². The van der Waals surface area contributed by atoms with Crippen LogP contribution >= 0.6 is 0 Å². The summed E-state index contributed by atoms with van der Waals surface area (Å²) in [6.45, 7) is 3.91. The predicted octanol–water partition coefficient (Wildman–Crippen LogP) is 4.04. The maximum Gasteiger partial charge on any atom is 0.214 e. The van der Waals surface area contributed by atoms with E-state index >= 15 is 0 Å². The van der Waals surface area contributed by atoms with Gasteiger partial charge >= 0.3 is 0 Å². The molecule has 0 aliphatic carbocycles. The lowest BCUT2D eigenvalue weighted by Gasteiger charge is -2.23. The highest BCUT2D eigenvalue weighted by atomic mass is 16.5. The molecule has 0 bridgehead atoms. The van der Waals surface area contributed by atoms with E-state index in [0.717, 1.165) is 54.1 Å². The zero-order valence-corrected chi connectivity index (χ0v) is 19.2. The van der Waals surface area contributed by atoms with E-state index in [-0.39, 0.29) is 6.10 Å². The van der Waals surface area contributed by atoms with Crippen LogP contribution in [0.15, 0.2) is 61.3 Å². The smallest absolute Gasteiger partial charge is 0.214 e. The quantitative estimate of drug-likeness (QED) is 0.381. The SMILES string of the molecule is Cc1cc(Nc2ncnc3ccc(OC4CCNCC4)nc23)ccc1Oc1cnn2ccnc2c1. The monoisotopic (exact) mass is 468 g/mol. The van der Waals surface area contributed by atoms with E-state index in [0.29, 0.717) is 23.0 Å². The van der Waals surface area contributed by atoms with Gasteiger partial charge in [0.05, 0.1) is 11.7 Å². The number of hydrogen-bond acceptors (Lipinski definition) is 9. The minimum Gasteiger partial charge on any atom is -0.474 e. The van der Waals surface area contributed by atoms with E-state index in [1.54, 1.807) is 23.1 Å². The number of piperidine rings is 1. The number of imidazole rings is 1. The summed E-state index contributed by atoms with van der Waals surface area (Å²) in [5, 5.41) is 11.0. The van der Waals surface area contributed by atoms with Crippen molar-refractivity contribution in [3.63, 3.8) is 0 Å². The Balaban J connectivity index is 1.22. The van der Waals surface area contributed by atoms with Gasteiger partial charge in [-0.1, -0.05) is 0 Å². The average molecular weight is 469 g/mol. The summed E-state index contributed by atoms with van der Waals surface area (Å²) in [4.78, 5) is 17.8. The molecule has 6 rings (SSSR count). The summed E-state index contributed by atoms with van der Waals surface area (Å²) >= 11 is 0. The molecule has 0 amide bonds. The Morgan fingerprint density at radius 2 is 1.97 bits per heavy atom. The van der Waals surface area contributed by atoms with Gasteiger partial charge in [-0.25, -0.2) is 24.5 Å². The molecule has 0 radical (unpaired) electrons. The number of nitrogens with zero attached hydrogens (tertiary/aromatic N) is 6.